The molecule has 0 aliphatic carbocycles. The van der Waals surface area contributed by atoms with Crippen LogP contribution in [0.25, 0.3) is 0 Å². The molecule has 4 N–H and O–H groups in total. The molecular weight excluding hydrogens is 362 g/mol. The van der Waals surface area contributed by atoms with E-state index in [9.17, 15) is 19.5 Å². The van der Waals surface area contributed by atoms with Crippen molar-refractivity contribution in [2.45, 2.75) is 61.4 Å². The van der Waals surface area contributed by atoms with Gasteiger partial charge in [0.2, 0.25) is 5.91 Å². The Balaban J connectivity index is 1.38. The first-order valence-electron chi connectivity index (χ1n) is 8.81. The van der Waals surface area contributed by atoms with E-state index in [1.807, 2.05) is 11.8 Å². The molecule has 3 heterocycles. The number of amides is 3. The van der Waals surface area contributed by atoms with Crippen molar-refractivity contribution < 1.29 is 19.5 Å². The van der Waals surface area contributed by atoms with Crippen LogP contribution in [0.5, 0.6) is 0 Å². The van der Waals surface area contributed by atoms with Gasteiger partial charge in [0.15, 0.2) is 0 Å². The number of urea groups is 1. The van der Waals surface area contributed by atoms with Gasteiger partial charge in [-0.15, -0.1) is 0 Å². The number of carboxylic acids is 1. The third-order valence-corrected chi connectivity index (χ3v) is 7.71. The van der Waals surface area contributed by atoms with E-state index in [-0.39, 0.29) is 24.0 Å². The van der Waals surface area contributed by atoms with Gasteiger partial charge in [0.1, 0.15) is 5.54 Å². The second kappa shape index (κ2) is 8.07. The van der Waals surface area contributed by atoms with Gasteiger partial charge in [-0.3, -0.25) is 4.79 Å². The number of hydrogen-bond donors (Lipinski definition) is 4. The van der Waals surface area contributed by atoms with Gasteiger partial charge >= 0.3 is 12.0 Å². The third-order valence-electron chi connectivity index (χ3n) is 5.22. The zero-order valence-corrected chi connectivity index (χ0v) is 15.7. The highest BCUT2D eigenvalue weighted by Gasteiger charge is 2.43. The lowest BCUT2D eigenvalue weighted by Gasteiger charge is -2.33. The van der Waals surface area contributed by atoms with Crippen LogP contribution in [0.2, 0.25) is 0 Å². The smallest absolute Gasteiger partial charge is 0.329 e. The second-order valence-corrected chi connectivity index (χ2v) is 9.41. The Labute approximate surface area is 155 Å². The maximum Gasteiger partial charge on any atom is 0.329 e. The monoisotopic (exact) mass is 387 g/mol. The summed E-state index contributed by atoms with van der Waals surface area (Å²) in [5.74, 6) is 1.40. The van der Waals surface area contributed by atoms with Crippen molar-refractivity contribution in [1.82, 2.24) is 16.0 Å². The Morgan fingerprint density at radius 2 is 2.00 bits per heavy atom. The fourth-order valence-corrected chi connectivity index (χ4v) is 6.45. The summed E-state index contributed by atoms with van der Waals surface area (Å²) in [5, 5.41) is 18.6. The largest absolute Gasteiger partial charge is 0.480 e. The average Bonchev–Trinajstić information content (AvgIpc) is 3.12. The Hall–Kier alpha value is -1.09. The summed E-state index contributed by atoms with van der Waals surface area (Å²) in [5.41, 5.74) is -1.07. The van der Waals surface area contributed by atoms with E-state index in [2.05, 4.69) is 16.0 Å². The minimum Gasteiger partial charge on any atom is -0.480 e. The van der Waals surface area contributed by atoms with Crippen LogP contribution in [0.1, 0.15) is 38.5 Å². The van der Waals surface area contributed by atoms with Gasteiger partial charge < -0.3 is 21.1 Å². The van der Waals surface area contributed by atoms with Crippen LogP contribution in [0.15, 0.2) is 0 Å². The average molecular weight is 388 g/mol. The van der Waals surface area contributed by atoms with Crippen molar-refractivity contribution in [3.05, 3.63) is 0 Å². The highest BCUT2D eigenvalue weighted by atomic mass is 32.2. The molecule has 0 unspecified atom stereocenters. The van der Waals surface area contributed by atoms with E-state index in [0.717, 1.165) is 36.5 Å². The fourth-order valence-electron chi connectivity index (χ4n) is 3.72. The highest BCUT2D eigenvalue weighted by molar-refractivity contribution is 8.00. The van der Waals surface area contributed by atoms with Crippen LogP contribution in [0, 0.1) is 0 Å². The number of unbranched alkanes of at least 4 members (excludes halogenated alkanes) is 1. The van der Waals surface area contributed by atoms with Crippen molar-refractivity contribution in [3.8, 4) is 0 Å². The summed E-state index contributed by atoms with van der Waals surface area (Å²) >= 11 is 3.60. The molecule has 9 heteroatoms. The van der Waals surface area contributed by atoms with E-state index in [4.69, 9.17) is 0 Å². The van der Waals surface area contributed by atoms with Crippen LogP contribution in [-0.4, -0.2) is 63.1 Å². The summed E-state index contributed by atoms with van der Waals surface area (Å²) in [6.45, 7) is 0. The molecule has 0 radical (unpaired) electrons. The SMILES string of the molecule is O=C(CCCC[C@@H]1SC[C@@H]2NC(=O)N[C@@H]21)NC1(C(=O)O)CCSCC1. The summed E-state index contributed by atoms with van der Waals surface area (Å²) in [7, 11) is 0. The first-order chi connectivity index (χ1) is 12.0. The molecular formula is C16H25N3O4S2. The number of carboxylic acid groups (broad SMARTS) is 1. The fraction of sp³-hybridized carbons (Fsp3) is 0.812. The molecule has 0 saturated carbocycles. The molecule has 3 aliphatic rings. The lowest BCUT2D eigenvalue weighted by Crippen LogP contribution is -2.56. The number of hydrogen-bond acceptors (Lipinski definition) is 5. The lowest BCUT2D eigenvalue weighted by molar-refractivity contribution is -0.148. The second-order valence-electron chi connectivity index (χ2n) is 6.92. The van der Waals surface area contributed by atoms with Crippen molar-refractivity contribution in [2.24, 2.45) is 0 Å². The molecule has 3 atom stereocenters. The van der Waals surface area contributed by atoms with Gasteiger partial charge in [-0.2, -0.15) is 23.5 Å². The molecule has 3 fully saturated rings. The van der Waals surface area contributed by atoms with Gasteiger partial charge in [-0.1, -0.05) is 6.42 Å². The van der Waals surface area contributed by atoms with E-state index in [1.54, 1.807) is 11.8 Å². The number of carbonyl (C=O) groups excluding carboxylic acids is 2. The molecule has 0 aromatic rings. The predicted octanol–water partition coefficient (Wildman–Crippen LogP) is 1.18. The third kappa shape index (κ3) is 4.36. The summed E-state index contributed by atoms with van der Waals surface area (Å²) in [6, 6.07) is 0.344. The summed E-state index contributed by atoms with van der Waals surface area (Å²) < 4.78 is 0. The Bertz CT molecular complexity index is 539. The van der Waals surface area contributed by atoms with Gasteiger partial charge in [-0.05, 0) is 37.2 Å². The Morgan fingerprint density at radius 3 is 2.72 bits per heavy atom. The number of fused-ring (bicyclic) bond motifs is 1. The lowest BCUT2D eigenvalue weighted by atomic mass is 9.92. The first-order valence-corrected chi connectivity index (χ1v) is 11.0. The van der Waals surface area contributed by atoms with Crippen LogP contribution in [0.4, 0.5) is 4.79 Å². The number of nitrogens with one attached hydrogen (secondary N) is 3. The Morgan fingerprint density at radius 1 is 1.24 bits per heavy atom. The topological polar surface area (TPSA) is 108 Å². The molecule has 0 bridgehead atoms. The first kappa shape index (κ1) is 18.7. The molecule has 7 nitrogen and oxygen atoms in total. The standard InChI is InChI=1S/C16H25N3O4S2/c20-12(19-16(14(21)22)5-7-24-8-6-16)4-2-1-3-11-13-10(9-25-11)17-15(23)18-13/h10-11,13H,1-9H2,(H,19,20)(H,21,22)(H2,17,18,23)/t10-,11-,13-/m0/s1. The van der Waals surface area contributed by atoms with Crippen molar-refractivity contribution in [1.29, 1.82) is 0 Å². The van der Waals surface area contributed by atoms with E-state index in [1.165, 1.54) is 0 Å². The molecule has 3 saturated heterocycles. The number of carbonyl (C=O) groups is 3. The number of rotatable bonds is 7. The van der Waals surface area contributed by atoms with Gasteiger partial charge in [0.05, 0.1) is 12.1 Å². The molecule has 3 rings (SSSR count). The summed E-state index contributed by atoms with van der Waals surface area (Å²) in [6.07, 6.45) is 3.95. The molecule has 140 valence electrons. The van der Waals surface area contributed by atoms with Crippen molar-refractivity contribution in [2.75, 3.05) is 17.3 Å². The van der Waals surface area contributed by atoms with Gasteiger partial charge in [0, 0.05) is 17.4 Å². The predicted molar refractivity (Wildman–Crippen MR) is 99.0 cm³/mol. The summed E-state index contributed by atoms with van der Waals surface area (Å²) in [4.78, 5) is 35.1. The van der Waals surface area contributed by atoms with Crippen molar-refractivity contribution in [3.63, 3.8) is 0 Å². The van der Waals surface area contributed by atoms with Crippen LogP contribution < -0.4 is 16.0 Å². The van der Waals surface area contributed by atoms with Gasteiger partial charge in [0.25, 0.3) is 0 Å². The van der Waals surface area contributed by atoms with Crippen LogP contribution in [-0.2, 0) is 9.59 Å². The molecule has 0 aromatic heterocycles. The Kier molecular flexibility index (Phi) is 6.04. The number of thioether (sulfide) groups is 2. The molecule has 25 heavy (non-hydrogen) atoms. The molecule has 0 aromatic carbocycles. The maximum absolute atomic E-state index is 12.2. The van der Waals surface area contributed by atoms with E-state index >= 15 is 0 Å². The van der Waals surface area contributed by atoms with Crippen LogP contribution in [0.3, 0.4) is 0 Å². The van der Waals surface area contributed by atoms with Crippen LogP contribution >= 0.6 is 23.5 Å². The van der Waals surface area contributed by atoms with Gasteiger partial charge in [-0.25, -0.2) is 9.59 Å². The number of aliphatic carboxylic acids is 1. The normalized spacial score (nSPS) is 30.2. The molecule has 0 spiro atoms. The zero-order valence-electron chi connectivity index (χ0n) is 14.1. The van der Waals surface area contributed by atoms with Crippen molar-refractivity contribution >= 4 is 41.4 Å². The minimum absolute atomic E-state index is 0.0794. The zero-order chi connectivity index (χ0) is 17.9. The molecule has 3 aliphatic heterocycles. The van der Waals surface area contributed by atoms with E-state index in [0.29, 0.717) is 24.5 Å². The highest BCUT2D eigenvalue weighted by Crippen LogP contribution is 2.33. The molecule has 3 amide bonds. The quantitative estimate of drug-likeness (QED) is 0.386. The minimum atomic E-state index is -1.07. The maximum atomic E-state index is 12.2. The van der Waals surface area contributed by atoms with E-state index < -0.39 is 11.5 Å².